The highest BCUT2D eigenvalue weighted by molar-refractivity contribution is 5.83. The van der Waals surface area contributed by atoms with Gasteiger partial charge in [-0.25, -0.2) is 14.4 Å². The number of fused-ring (bicyclic) bond motifs is 1. The van der Waals surface area contributed by atoms with Crippen molar-refractivity contribution >= 4 is 11.0 Å². The maximum absolute atomic E-state index is 13.0. The lowest BCUT2D eigenvalue weighted by molar-refractivity contribution is -0.137. The number of alkyl halides is 3. The summed E-state index contributed by atoms with van der Waals surface area (Å²) in [6, 6.07) is 4.86. The average Bonchev–Trinajstić information content (AvgIpc) is 3.04. The van der Waals surface area contributed by atoms with Crippen LogP contribution in [0.15, 0.2) is 42.9 Å². The molecule has 0 aliphatic rings. The number of aryl methyl sites for hydroxylation is 1. The first-order valence-electron chi connectivity index (χ1n) is 7.98. The van der Waals surface area contributed by atoms with E-state index in [0.29, 0.717) is 17.1 Å². The molecule has 0 spiro atoms. The molecule has 4 rings (SSSR count). The van der Waals surface area contributed by atoms with Gasteiger partial charge in [-0.05, 0) is 36.8 Å². The van der Waals surface area contributed by atoms with Crippen LogP contribution in [0.5, 0.6) is 5.75 Å². The lowest BCUT2D eigenvalue weighted by Crippen LogP contribution is -2.06. The molecule has 1 aromatic carbocycles. The van der Waals surface area contributed by atoms with Crippen molar-refractivity contribution in [3.8, 4) is 23.0 Å². The second-order valence-corrected chi connectivity index (χ2v) is 6.08. The van der Waals surface area contributed by atoms with E-state index in [4.69, 9.17) is 0 Å². The summed E-state index contributed by atoms with van der Waals surface area (Å²) in [4.78, 5) is 7.75. The lowest BCUT2D eigenvalue weighted by atomic mass is 10.00. The van der Waals surface area contributed by atoms with E-state index in [1.54, 1.807) is 18.3 Å². The van der Waals surface area contributed by atoms with Gasteiger partial charge in [0.2, 0.25) is 5.95 Å². The Morgan fingerprint density at radius 3 is 2.39 bits per heavy atom. The molecule has 0 aliphatic carbocycles. The second-order valence-electron chi connectivity index (χ2n) is 6.08. The molecular formula is C18H11F4N5O. The number of benzene rings is 1. The molecule has 0 radical (unpaired) electrons. The summed E-state index contributed by atoms with van der Waals surface area (Å²) in [6.45, 7) is 1.45. The standard InChI is InChI=1S/C18H11F4N5O/c1-9-4-11(18(20,21)22)6-14(28)15(9)13-5-10-2-3-27(16(10)26-25-13)17-23-7-12(19)8-24-17/h2-8,28H,1H3. The molecule has 0 aliphatic heterocycles. The Balaban J connectivity index is 1.80. The van der Waals surface area contributed by atoms with E-state index in [9.17, 15) is 22.7 Å². The van der Waals surface area contributed by atoms with Gasteiger partial charge < -0.3 is 5.11 Å². The first-order chi connectivity index (χ1) is 13.2. The van der Waals surface area contributed by atoms with E-state index < -0.39 is 23.3 Å². The molecule has 0 saturated carbocycles. The molecule has 28 heavy (non-hydrogen) atoms. The van der Waals surface area contributed by atoms with Gasteiger partial charge in [0.05, 0.1) is 23.7 Å². The molecule has 0 atom stereocenters. The third-order valence-corrected chi connectivity index (χ3v) is 4.15. The monoisotopic (exact) mass is 389 g/mol. The topological polar surface area (TPSA) is 76.7 Å². The predicted molar refractivity (Wildman–Crippen MR) is 91.3 cm³/mol. The van der Waals surface area contributed by atoms with Gasteiger partial charge in [0.15, 0.2) is 11.5 Å². The number of hydrogen-bond acceptors (Lipinski definition) is 5. The van der Waals surface area contributed by atoms with Crippen molar-refractivity contribution in [2.24, 2.45) is 0 Å². The molecule has 0 unspecified atom stereocenters. The maximum atomic E-state index is 13.0. The molecule has 0 amide bonds. The number of aromatic nitrogens is 5. The molecular weight excluding hydrogens is 378 g/mol. The van der Waals surface area contributed by atoms with Crippen molar-refractivity contribution in [3.05, 3.63) is 59.8 Å². The number of phenolic OH excluding ortho intramolecular Hbond substituents is 1. The van der Waals surface area contributed by atoms with E-state index in [2.05, 4.69) is 20.2 Å². The third kappa shape index (κ3) is 3.02. The van der Waals surface area contributed by atoms with Crippen LogP contribution in [0.25, 0.3) is 28.2 Å². The molecule has 3 heterocycles. The summed E-state index contributed by atoms with van der Waals surface area (Å²) < 4.78 is 53.2. The second kappa shape index (κ2) is 6.25. The summed E-state index contributed by atoms with van der Waals surface area (Å²) in [5, 5.41) is 18.8. The molecule has 4 aromatic rings. The van der Waals surface area contributed by atoms with E-state index >= 15 is 0 Å². The number of nitrogens with zero attached hydrogens (tertiary/aromatic N) is 5. The predicted octanol–water partition coefficient (Wildman–Crippen LogP) is 4.05. The van der Waals surface area contributed by atoms with Gasteiger partial charge in [0.25, 0.3) is 0 Å². The van der Waals surface area contributed by atoms with Crippen LogP contribution in [0.1, 0.15) is 11.1 Å². The zero-order valence-corrected chi connectivity index (χ0v) is 14.2. The number of phenols is 1. The largest absolute Gasteiger partial charge is 0.507 e. The third-order valence-electron chi connectivity index (χ3n) is 4.15. The average molecular weight is 389 g/mol. The van der Waals surface area contributed by atoms with Crippen LogP contribution in [-0.2, 0) is 6.18 Å². The van der Waals surface area contributed by atoms with E-state index in [0.717, 1.165) is 18.5 Å². The molecule has 0 fully saturated rings. The van der Waals surface area contributed by atoms with E-state index in [-0.39, 0.29) is 22.8 Å². The number of halogens is 4. The fourth-order valence-electron chi connectivity index (χ4n) is 2.91. The lowest BCUT2D eigenvalue weighted by Gasteiger charge is -2.13. The molecule has 10 heteroatoms. The fraction of sp³-hybridized carbons (Fsp3) is 0.111. The Bertz CT molecular complexity index is 1160. The van der Waals surface area contributed by atoms with Gasteiger partial charge in [0.1, 0.15) is 5.75 Å². The van der Waals surface area contributed by atoms with Crippen LogP contribution in [0, 0.1) is 12.7 Å². The number of rotatable bonds is 2. The summed E-state index contributed by atoms with van der Waals surface area (Å²) in [5.41, 5.74) is 0.0174. The molecule has 6 nitrogen and oxygen atoms in total. The highest BCUT2D eigenvalue weighted by Crippen LogP contribution is 2.38. The minimum atomic E-state index is -4.57. The summed E-state index contributed by atoms with van der Waals surface area (Å²) >= 11 is 0. The summed E-state index contributed by atoms with van der Waals surface area (Å²) in [7, 11) is 0. The van der Waals surface area contributed by atoms with Gasteiger partial charge in [-0.1, -0.05) is 0 Å². The SMILES string of the molecule is Cc1cc(C(F)(F)F)cc(O)c1-c1cc2ccn(-c3ncc(F)cn3)c2nn1. The first kappa shape index (κ1) is 17.8. The van der Waals surface area contributed by atoms with Crippen LogP contribution in [0.3, 0.4) is 0 Å². The Kier molecular flexibility index (Phi) is 3.98. The normalized spacial score (nSPS) is 11.9. The quantitative estimate of drug-likeness (QED) is 0.524. The van der Waals surface area contributed by atoms with Crippen molar-refractivity contribution in [3.63, 3.8) is 0 Å². The van der Waals surface area contributed by atoms with Gasteiger partial charge in [0, 0.05) is 17.1 Å². The Morgan fingerprint density at radius 1 is 1.04 bits per heavy atom. The van der Waals surface area contributed by atoms with E-state index in [1.165, 1.54) is 11.5 Å². The number of hydrogen-bond donors (Lipinski definition) is 1. The van der Waals surface area contributed by atoms with Crippen molar-refractivity contribution in [1.29, 1.82) is 0 Å². The summed E-state index contributed by atoms with van der Waals surface area (Å²) in [6.07, 6.45) is -0.933. The van der Waals surface area contributed by atoms with Crippen LogP contribution in [0.4, 0.5) is 17.6 Å². The zero-order valence-electron chi connectivity index (χ0n) is 14.2. The molecule has 0 bridgehead atoms. The van der Waals surface area contributed by atoms with E-state index in [1.807, 2.05) is 0 Å². The van der Waals surface area contributed by atoms with Gasteiger partial charge in [-0.3, -0.25) is 4.57 Å². The minimum Gasteiger partial charge on any atom is -0.507 e. The van der Waals surface area contributed by atoms with Crippen LogP contribution >= 0.6 is 0 Å². The molecule has 0 saturated heterocycles. The van der Waals surface area contributed by atoms with Crippen molar-refractivity contribution in [2.45, 2.75) is 13.1 Å². The van der Waals surface area contributed by atoms with Crippen LogP contribution < -0.4 is 0 Å². The van der Waals surface area contributed by atoms with Crippen molar-refractivity contribution in [1.82, 2.24) is 24.7 Å². The summed E-state index contributed by atoms with van der Waals surface area (Å²) in [5.74, 6) is -0.934. The highest BCUT2D eigenvalue weighted by Gasteiger charge is 2.32. The van der Waals surface area contributed by atoms with Crippen LogP contribution in [-0.4, -0.2) is 29.8 Å². The van der Waals surface area contributed by atoms with Crippen LogP contribution in [0.2, 0.25) is 0 Å². The Morgan fingerprint density at radius 2 is 1.75 bits per heavy atom. The van der Waals surface area contributed by atoms with Crippen molar-refractivity contribution in [2.75, 3.05) is 0 Å². The number of aromatic hydroxyl groups is 1. The Labute approximate surface area is 155 Å². The zero-order chi connectivity index (χ0) is 20.1. The van der Waals surface area contributed by atoms with Crippen molar-refractivity contribution < 1.29 is 22.7 Å². The fourth-order valence-corrected chi connectivity index (χ4v) is 2.91. The molecule has 1 N–H and O–H groups in total. The Hall–Kier alpha value is -3.56. The van der Waals surface area contributed by atoms with Gasteiger partial charge in [-0.15, -0.1) is 10.2 Å². The molecule has 3 aromatic heterocycles. The first-order valence-corrected chi connectivity index (χ1v) is 7.98. The highest BCUT2D eigenvalue weighted by atomic mass is 19.4. The van der Waals surface area contributed by atoms with Gasteiger partial charge >= 0.3 is 6.18 Å². The smallest absolute Gasteiger partial charge is 0.416 e. The maximum Gasteiger partial charge on any atom is 0.416 e. The minimum absolute atomic E-state index is 0.160. The van der Waals surface area contributed by atoms with Gasteiger partial charge in [-0.2, -0.15) is 13.2 Å². The molecule has 142 valence electrons.